The van der Waals surface area contributed by atoms with Gasteiger partial charge in [-0.15, -0.1) is 0 Å². The first kappa shape index (κ1) is 27.7. The van der Waals surface area contributed by atoms with Crippen molar-refractivity contribution >= 4 is 22.1 Å². The zero-order valence-corrected chi connectivity index (χ0v) is 18.8. The molecule has 0 aromatic carbocycles. The molecule has 1 atom stereocenters. The molecular weight excluding hydrogens is 334 g/mol. The van der Waals surface area contributed by atoms with Crippen LogP contribution in [0.3, 0.4) is 0 Å². The molecule has 10 heteroatoms. The van der Waals surface area contributed by atoms with Gasteiger partial charge in [0.25, 0.3) is 10.1 Å². The predicted molar refractivity (Wildman–Crippen MR) is 66.7 cm³/mol. The number of carboxylic acid groups (broad SMARTS) is 2. The van der Waals surface area contributed by atoms with Gasteiger partial charge in [-0.05, 0) is 24.7 Å². The molecule has 0 heterocycles. The third-order valence-electron chi connectivity index (χ3n) is 2.97. The summed E-state index contributed by atoms with van der Waals surface area (Å²) in [7, 11) is -5.14. The van der Waals surface area contributed by atoms with E-state index in [4.69, 9.17) is 4.55 Å². The molecule has 0 amide bonds. The van der Waals surface area contributed by atoms with Gasteiger partial charge in [-0.3, -0.25) is 4.55 Å². The van der Waals surface area contributed by atoms with E-state index in [9.17, 15) is 28.2 Å². The zero-order valence-electron chi connectivity index (χ0n) is 14.0. The summed E-state index contributed by atoms with van der Waals surface area (Å²) in [6.45, 7) is 6.48. The van der Waals surface area contributed by atoms with Crippen LogP contribution in [0.2, 0.25) is 0 Å². The molecule has 0 spiro atoms. The molecule has 0 rings (SSSR count). The number of hydrogen-bond acceptors (Lipinski definition) is 6. The minimum atomic E-state index is -5.14. The Balaban J connectivity index is -0.00000180. The van der Waals surface area contributed by atoms with Crippen LogP contribution in [0.4, 0.5) is 0 Å². The minimum Gasteiger partial charge on any atom is -0.549 e. The summed E-state index contributed by atoms with van der Waals surface area (Å²) in [4.78, 5) is 22.6. The summed E-state index contributed by atoms with van der Waals surface area (Å²) in [6.07, 6.45) is -0.516. The summed E-state index contributed by atoms with van der Waals surface area (Å²) in [6, 6.07) is 0. The molecular formula is C12H20Na2O7S. The first-order valence-corrected chi connectivity index (χ1v) is 7.73. The number of carbonyl (C=O) groups excluding carboxylic acids is 2. The molecule has 0 fully saturated rings. The molecule has 0 aromatic rings. The minimum absolute atomic E-state index is 0. The molecule has 1 unspecified atom stereocenters. The molecule has 0 aliphatic rings. The van der Waals surface area contributed by atoms with Gasteiger partial charge in [0.15, 0.2) is 0 Å². The normalized spacial score (nSPS) is 13.2. The Hall–Kier alpha value is 0.850. The molecule has 0 saturated heterocycles. The average Bonchev–Trinajstić information content (AvgIpc) is 2.10. The molecule has 0 aliphatic heterocycles. The summed E-state index contributed by atoms with van der Waals surface area (Å²) in [5.41, 5.74) is -2.23. The van der Waals surface area contributed by atoms with Crippen LogP contribution in [-0.2, 0) is 19.7 Å². The van der Waals surface area contributed by atoms with Crippen molar-refractivity contribution in [2.24, 2.45) is 17.3 Å². The number of hydrogen-bond donors (Lipinski definition) is 1. The third kappa shape index (κ3) is 7.61. The molecule has 7 nitrogen and oxygen atoms in total. The van der Waals surface area contributed by atoms with E-state index in [-0.39, 0.29) is 83.8 Å². The largest absolute Gasteiger partial charge is 1.00 e. The molecule has 0 saturated carbocycles. The number of carboxylic acids is 2. The summed E-state index contributed by atoms with van der Waals surface area (Å²) < 4.78 is 31.8. The fourth-order valence-electron chi connectivity index (χ4n) is 2.66. The van der Waals surface area contributed by atoms with Crippen molar-refractivity contribution in [1.82, 2.24) is 0 Å². The second-order valence-corrected chi connectivity index (χ2v) is 7.35. The fourth-order valence-corrected chi connectivity index (χ4v) is 3.76. The number of aliphatic carboxylic acids is 2. The SMILES string of the molecule is CC(C)CC(CC(C)C)(C(=O)[O-])C(C(=O)[O-])S(=O)(=O)O.[Na+].[Na+]. The quantitative estimate of drug-likeness (QED) is 0.338. The first-order chi connectivity index (χ1) is 8.84. The van der Waals surface area contributed by atoms with E-state index in [2.05, 4.69) is 0 Å². The van der Waals surface area contributed by atoms with Crippen molar-refractivity contribution in [3.8, 4) is 0 Å². The molecule has 0 aromatic heterocycles. The molecule has 22 heavy (non-hydrogen) atoms. The molecule has 0 aliphatic carbocycles. The maximum atomic E-state index is 11.5. The Morgan fingerprint density at radius 3 is 1.45 bits per heavy atom. The Kier molecular flexibility index (Phi) is 13.4. The van der Waals surface area contributed by atoms with Crippen molar-refractivity contribution in [2.75, 3.05) is 0 Å². The van der Waals surface area contributed by atoms with Gasteiger partial charge < -0.3 is 19.8 Å². The average molecular weight is 354 g/mol. The zero-order chi connectivity index (χ0) is 16.3. The van der Waals surface area contributed by atoms with Crippen LogP contribution in [0, 0.1) is 17.3 Å². The van der Waals surface area contributed by atoms with Crippen molar-refractivity contribution in [1.29, 1.82) is 0 Å². The van der Waals surface area contributed by atoms with Crippen molar-refractivity contribution in [2.45, 2.75) is 45.8 Å². The second-order valence-electron chi connectivity index (χ2n) is 5.85. The van der Waals surface area contributed by atoms with Gasteiger partial charge in [-0.25, -0.2) is 0 Å². The Labute approximate surface area is 175 Å². The van der Waals surface area contributed by atoms with Crippen LogP contribution in [0.15, 0.2) is 0 Å². The van der Waals surface area contributed by atoms with Gasteiger partial charge in [0, 0.05) is 11.4 Å². The van der Waals surface area contributed by atoms with Gasteiger partial charge >= 0.3 is 59.1 Å². The number of rotatable bonds is 8. The first-order valence-electron chi connectivity index (χ1n) is 6.23. The number of carbonyl (C=O) groups is 2. The van der Waals surface area contributed by atoms with Crippen molar-refractivity contribution < 1.29 is 91.9 Å². The summed E-state index contributed by atoms with van der Waals surface area (Å²) in [5.74, 6) is -4.57. The monoisotopic (exact) mass is 354 g/mol. The van der Waals surface area contributed by atoms with Gasteiger partial charge in [0.1, 0.15) is 5.25 Å². The molecule has 1 N–H and O–H groups in total. The van der Waals surface area contributed by atoms with Crippen LogP contribution in [0.1, 0.15) is 40.5 Å². The van der Waals surface area contributed by atoms with Gasteiger partial charge in [-0.2, -0.15) is 8.42 Å². The van der Waals surface area contributed by atoms with Crippen LogP contribution in [-0.4, -0.2) is 30.2 Å². The smallest absolute Gasteiger partial charge is 0.549 e. The van der Waals surface area contributed by atoms with Gasteiger partial charge in [0.05, 0.1) is 5.97 Å². The maximum absolute atomic E-state index is 11.5. The Morgan fingerprint density at radius 2 is 1.32 bits per heavy atom. The Bertz CT molecular complexity index is 464. The summed E-state index contributed by atoms with van der Waals surface area (Å²) >= 11 is 0. The van der Waals surface area contributed by atoms with E-state index in [1.807, 2.05) is 0 Å². The van der Waals surface area contributed by atoms with Crippen LogP contribution in [0.25, 0.3) is 0 Å². The molecule has 0 radical (unpaired) electrons. The Morgan fingerprint density at radius 1 is 1.00 bits per heavy atom. The summed E-state index contributed by atoms with van der Waals surface area (Å²) in [5, 5.41) is 20.1. The van der Waals surface area contributed by atoms with Crippen LogP contribution >= 0.6 is 0 Å². The van der Waals surface area contributed by atoms with E-state index in [1.165, 1.54) is 0 Å². The topological polar surface area (TPSA) is 135 Å². The van der Waals surface area contributed by atoms with E-state index < -0.39 is 32.7 Å². The predicted octanol–water partition coefficient (Wildman–Crippen LogP) is -7.17. The fraction of sp³-hybridized carbons (Fsp3) is 0.833. The maximum Gasteiger partial charge on any atom is 1.00 e. The van der Waals surface area contributed by atoms with E-state index >= 15 is 0 Å². The van der Waals surface area contributed by atoms with Crippen LogP contribution in [0.5, 0.6) is 0 Å². The van der Waals surface area contributed by atoms with Crippen molar-refractivity contribution in [3.63, 3.8) is 0 Å². The van der Waals surface area contributed by atoms with E-state index in [0.717, 1.165) is 0 Å². The molecule has 0 bridgehead atoms. The standard InChI is InChI=1S/C12H22O7S.2Na/c1-7(2)5-12(11(15)16,6-8(3)4)9(10(13)14)20(17,18)19;;/h7-9H,5-6H2,1-4H3,(H,13,14)(H,15,16)(H,17,18,19);;/q;2*+1/p-2. The van der Waals surface area contributed by atoms with Gasteiger partial charge in [0.2, 0.25) is 0 Å². The van der Waals surface area contributed by atoms with Gasteiger partial charge in [-0.1, -0.05) is 27.7 Å². The van der Waals surface area contributed by atoms with E-state index in [0.29, 0.717) is 0 Å². The third-order valence-corrected chi connectivity index (χ3v) is 4.20. The van der Waals surface area contributed by atoms with Crippen molar-refractivity contribution in [3.05, 3.63) is 0 Å². The second kappa shape index (κ2) is 10.7. The molecule has 118 valence electrons. The van der Waals surface area contributed by atoms with Crippen LogP contribution < -0.4 is 69.3 Å². The van der Waals surface area contributed by atoms with E-state index in [1.54, 1.807) is 27.7 Å².